The first kappa shape index (κ1) is 15.7. The zero-order valence-electron chi connectivity index (χ0n) is 11.1. The third-order valence-electron chi connectivity index (χ3n) is 3.99. The van der Waals surface area contributed by atoms with Gasteiger partial charge in [0.25, 0.3) is 0 Å². The highest BCUT2D eigenvalue weighted by molar-refractivity contribution is 7.92. The summed E-state index contributed by atoms with van der Waals surface area (Å²) in [5.41, 5.74) is 0. The molecule has 0 amide bonds. The Morgan fingerprint density at radius 2 is 1.70 bits per heavy atom. The number of hydrogen-bond donors (Lipinski definition) is 1. The number of nitrogens with zero attached hydrogens (tertiary/aromatic N) is 1. The Labute approximate surface area is 118 Å². The summed E-state index contributed by atoms with van der Waals surface area (Å²) in [7, 11) is -6.88. The van der Waals surface area contributed by atoms with Crippen LogP contribution in [0.5, 0.6) is 0 Å². The number of carboxylic acids is 1. The maximum absolute atomic E-state index is 12.5. The Kier molecular flexibility index (Phi) is 4.41. The highest BCUT2D eigenvalue weighted by Gasteiger charge is 2.42. The van der Waals surface area contributed by atoms with E-state index in [0.717, 1.165) is 4.31 Å². The molecule has 2 heterocycles. The molecule has 2 rings (SSSR count). The fourth-order valence-corrected chi connectivity index (χ4v) is 6.75. The van der Waals surface area contributed by atoms with Crippen LogP contribution >= 0.6 is 0 Å². The maximum atomic E-state index is 12.5. The van der Waals surface area contributed by atoms with Crippen molar-refractivity contribution in [3.63, 3.8) is 0 Å². The van der Waals surface area contributed by atoms with Crippen LogP contribution in [0.3, 0.4) is 0 Å². The number of carboxylic acid groups (broad SMARTS) is 1. The zero-order valence-corrected chi connectivity index (χ0v) is 12.7. The first-order valence-electron chi connectivity index (χ1n) is 6.68. The minimum absolute atomic E-state index is 0.0630. The van der Waals surface area contributed by atoms with Gasteiger partial charge >= 0.3 is 5.97 Å². The molecule has 0 saturated carbocycles. The van der Waals surface area contributed by atoms with Crippen LogP contribution < -0.4 is 0 Å². The van der Waals surface area contributed by atoms with E-state index >= 15 is 0 Å². The zero-order chi connectivity index (χ0) is 15.0. The van der Waals surface area contributed by atoms with E-state index < -0.39 is 37.1 Å². The Hall–Kier alpha value is -0.670. The molecule has 2 aliphatic heterocycles. The summed E-state index contributed by atoms with van der Waals surface area (Å²) in [4.78, 5) is 11.2. The third kappa shape index (κ3) is 3.15. The normalized spacial score (nSPS) is 29.1. The molecule has 2 fully saturated rings. The number of rotatable bonds is 3. The van der Waals surface area contributed by atoms with E-state index in [0.29, 0.717) is 19.3 Å². The molecular formula is C11H19NO6S2. The van der Waals surface area contributed by atoms with Crippen molar-refractivity contribution in [3.05, 3.63) is 0 Å². The largest absolute Gasteiger partial charge is 0.480 e. The molecule has 0 aromatic carbocycles. The number of carbonyl (C=O) groups is 1. The maximum Gasteiger partial charge on any atom is 0.322 e. The molecule has 1 unspecified atom stereocenters. The molecule has 9 heteroatoms. The Morgan fingerprint density at radius 3 is 2.25 bits per heavy atom. The van der Waals surface area contributed by atoms with Crippen molar-refractivity contribution in [2.24, 2.45) is 0 Å². The van der Waals surface area contributed by atoms with Gasteiger partial charge in [0.2, 0.25) is 10.0 Å². The van der Waals surface area contributed by atoms with Crippen LogP contribution in [-0.4, -0.2) is 61.6 Å². The lowest BCUT2D eigenvalue weighted by molar-refractivity contribution is -0.142. The second-order valence-electron chi connectivity index (χ2n) is 5.36. The first-order chi connectivity index (χ1) is 9.24. The second kappa shape index (κ2) is 5.61. The average Bonchev–Trinajstić information content (AvgIpc) is 2.38. The Bertz CT molecular complexity index is 568. The monoisotopic (exact) mass is 325 g/mol. The van der Waals surface area contributed by atoms with Gasteiger partial charge in [-0.3, -0.25) is 4.79 Å². The van der Waals surface area contributed by atoms with Crippen LogP contribution in [-0.2, 0) is 24.7 Å². The number of hydrogen-bond acceptors (Lipinski definition) is 5. The predicted octanol–water partition coefficient (Wildman–Crippen LogP) is -0.167. The number of piperidine rings is 1. The minimum atomic E-state index is -3.74. The Morgan fingerprint density at radius 1 is 1.10 bits per heavy atom. The van der Waals surface area contributed by atoms with Crippen molar-refractivity contribution >= 4 is 25.8 Å². The molecule has 20 heavy (non-hydrogen) atoms. The van der Waals surface area contributed by atoms with Crippen molar-refractivity contribution in [2.75, 3.05) is 18.1 Å². The van der Waals surface area contributed by atoms with Crippen LogP contribution in [0.15, 0.2) is 0 Å². The molecule has 0 aromatic heterocycles. The quantitative estimate of drug-likeness (QED) is 0.772. The standard InChI is InChI=1S/C11H19NO6S2/c13-11(14)10-3-1-2-6-12(10)20(17,18)9-4-7-19(15,16)8-5-9/h9-10H,1-8H2,(H,13,14). The second-order valence-corrected chi connectivity index (χ2v) is 9.83. The van der Waals surface area contributed by atoms with Gasteiger partial charge in [-0.2, -0.15) is 4.31 Å². The molecule has 7 nitrogen and oxygen atoms in total. The van der Waals surface area contributed by atoms with Gasteiger partial charge in [0, 0.05) is 6.54 Å². The molecule has 1 N–H and O–H groups in total. The van der Waals surface area contributed by atoms with Crippen LogP contribution in [0, 0.1) is 0 Å². The smallest absolute Gasteiger partial charge is 0.322 e. The van der Waals surface area contributed by atoms with E-state index in [-0.39, 0.29) is 30.9 Å². The van der Waals surface area contributed by atoms with Crippen molar-refractivity contribution in [3.8, 4) is 0 Å². The molecule has 0 bridgehead atoms. The topological polar surface area (TPSA) is 109 Å². The summed E-state index contributed by atoms with van der Waals surface area (Å²) in [6.45, 7) is 0.211. The van der Waals surface area contributed by atoms with Crippen molar-refractivity contribution in [1.82, 2.24) is 4.31 Å². The van der Waals surface area contributed by atoms with E-state index in [9.17, 15) is 21.6 Å². The molecule has 1 atom stereocenters. The van der Waals surface area contributed by atoms with E-state index in [1.54, 1.807) is 0 Å². The van der Waals surface area contributed by atoms with E-state index in [4.69, 9.17) is 5.11 Å². The lowest BCUT2D eigenvalue weighted by atomic mass is 10.1. The summed E-state index contributed by atoms with van der Waals surface area (Å²) in [6, 6.07) is -1.01. The van der Waals surface area contributed by atoms with Gasteiger partial charge in [-0.25, -0.2) is 16.8 Å². The van der Waals surface area contributed by atoms with E-state index in [1.165, 1.54) is 0 Å². The highest BCUT2D eigenvalue weighted by atomic mass is 32.2. The van der Waals surface area contributed by atoms with E-state index in [2.05, 4.69) is 0 Å². The Balaban J connectivity index is 2.19. The molecule has 0 spiro atoms. The molecule has 2 saturated heterocycles. The lowest BCUT2D eigenvalue weighted by Gasteiger charge is -2.35. The third-order valence-corrected chi connectivity index (χ3v) is 8.11. The van der Waals surface area contributed by atoms with Gasteiger partial charge < -0.3 is 5.11 Å². The summed E-state index contributed by atoms with van der Waals surface area (Å²) < 4.78 is 48.9. The van der Waals surface area contributed by atoms with E-state index in [1.807, 2.05) is 0 Å². The van der Waals surface area contributed by atoms with Crippen molar-refractivity contribution in [1.29, 1.82) is 0 Å². The lowest BCUT2D eigenvalue weighted by Crippen LogP contribution is -2.52. The molecule has 0 aliphatic carbocycles. The molecule has 0 radical (unpaired) electrons. The van der Waals surface area contributed by atoms with Gasteiger partial charge in [-0.05, 0) is 32.1 Å². The SMILES string of the molecule is O=C(O)C1CCCCN1S(=O)(=O)C1CCS(=O)(=O)CC1. The number of aliphatic carboxylic acids is 1. The fraction of sp³-hybridized carbons (Fsp3) is 0.909. The van der Waals surface area contributed by atoms with Gasteiger partial charge in [0.15, 0.2) is 0 Å². The summed E-state index contributed by atoms with van der Waals surface area (Å²) in [5.74, 6) is -1.40. The van der Waals surface area contributed by atoms with Crippen molar-refractivity contribution in [2.45, 2.75) is 43.4 Å². The minimum Gasteiger partial charge on any atom is -0.480 e. The molecule has 116 valence electrons. The predicted molar refractivity (Wildman–Crippen MR) is 72.6 cm³/mol. The fourth-order valence-electron chi connectivity index (χ4n) is 2.81. The molecule has 0 aromatic rings. The van der Waals surface area contributed by atoms with Gasteiger partial charge in [0.1, 0.15) is 15.9 Å². The summed E-state index contributed by atoms with van der Waals surface area (Å²) in [6.07, 6.45) is 1.79. The van der Waals surface area contributed by atoms with Crippen molar-refractivity contribution < 1.29 is 26.7 Å². The van der Waals surface area contributed by atoms with Gasteiger partial charge in [-0.1, -0.05) is 0 Å². The molecule has 2 aliphatic rings. The van der Waals surface area contributed by atoms with Crippen LogP contribution in [0.2, 0.25) is 0 Å². The number of sulfonamides is 1. The number of sulfone groups is 1. The highest BCUT2D eigenvalue weighted by Crippen LogP contribution is 2.28. The van der Waals surface area contributed by atoms with Crippen LogP contribution in [0.4, 0.5) is 0 Å². The van der Waals surface area contributed by atoms with Gasteiger partial charge in [0.05, 0.1) is 16.8 Å². The summed E-state index contributed by atoms with van der Waals surface area (Å²) >= 11 is 0. The molecular weight excluding hydrogens is 306 g/mol. The van der Waals surface area contributed by atoms with Gasteiger partial charge in [-0.15, -0.1) is 0 Å². The average molecular weight is 325 g/mol. The van der Waals surface area contributed by atoms with Crippen LogP contribution in [0.25, 0.3) is 0 Å². The first-order valence-corrected chi connectivity index (χ1v) is 10.0. The van der Waals surface area contributed by atoms with Crippen LogP contribution in [0.1, 0.15) is 32.1 Å². The summed E-state index contributed by atoms with van der Waals surface area (Å²) in [5, 5.41) is 8.38.